The zero-order valence-electron chi connectivity index (χ0n) is 11.2. The molecule has 0 bridgehead atoms. The van der Waals surface area contributed by atoms with Crippen LogP contribution in [-0.4, -0.2) is 5.91 Å². The summed E-state index contributed by atoms with van der Waals surface area (Å²) in [5.74, 6) is -0.196. The van der Waals surface area contributed by atoms with E-state index in [0.717, 1.165) is 11.1 Å². The van der Waals surface area contributed by atoms with Gasteiger partial charge in [-0.3, -0.25) is 4.79 Å². The molecule has 0 radical (unpaired) electrons. The van der Waals surface area contributed by atoms with Crippen LogP contribution in [0.4, 0.5) is 0 Å². The number of hydrogen-bond donors (Lipinski definition) is 2. The Hall–Kier alpha value is -1.84. The van der Waals surface area contributed by atoms with E-state index in [1.165, 1.54) is 0 Å². The monoisotopic (exact) mass is 288 g/mol. The molecule has 3 nitrogen and oxygen atoms in total. The predicted molar refractivity (Wildman–Crippen MR) is 81.4 cm³/mol. The van der Waals surface area contributed by atoms with Crippen molar-refractivity contribution in [3.8, 4) is 0 Å². The van der Waals surface area contributed by atoms with Gasteiger partial charge < -0.3 is 11.1 Å². The molecular weight excluding hydrogens is 272 g/mol. The molecule has 0 saturated carbocycles. The summed E-state index contributed by atoms with van der Waals surface area (Å²) >= 11 is 5.85. The van der Waals surface area contributed by atoms with E-state index in [1.54, 1.807) is 12.1 Å². The Labute approximate surface area is 123 Å². The molecule has 0 aliphatic rings. The van der Waals surface area contributed by atoms with Crippen LogP contribution in [0.3, 0.4) is 0 Å². The number of amides is 1. The van der Waals surface area contributed by atoms with Crippen molar-refractivity contribution in [3.63, 3.8) is 0 Å². The number of hydrogen-bond acceptors (Lipinski definition) is 2. The highest BCUT2D eigenvalue weighted by atomic mass is 35.5. The fraction of sp³-hybridized carbons (Fsp3) is 0.188. The van der Waals surface area contributed by atoms with Gasteiger partial charge in [-0.15, -0.1) is 0 Å². The molecule has 0 fully saturated rings. The molecule has 4 heteroatoms. The van der Waals surface area contributed by atoms with Gasteiger partial charge in [0, 0.05) is 5.02 Å². The van der Waals surface area contributed by atoms with Crippen LogP contribution in [0.25, 0.3) is 0 Å². The molecule has 2 aromatic carbocycles. The first kappa shape index (κ1) is 14.6. The molecule has 0 aliphatic carbocycles. The molecule has 20 heavy (non-hydrogen) atoms. The first-order valence-electron chi connectivity index (χ1n) is 6.44. The van der Waals surface area contributed by atoms with E-state index in [4.69, 9.17) is 17.3 Å². The summed E-state index contributed by atoms with van der Waals surface area (Å²) in [6, 6.07) is 15.9. The van der Waals surface area contributed by atoms with Crippen molar-refractivity contribution in [2.24, 2.45) is 5.73 Å². The minimum Gasteiger partial charge on any atom is -0.348 e. The summed E-state index contributed by atoms with van der Waals surface area (Å²) < 4.78 is 0. The molecular formula is C16H17ClN2O. The fourth-order valence-corrected chi connectivity index (χ4v) is 2.08. The molecule has 0 heterocycles. The standard InChI is InChI=1S/C16H17ClN2O/c1-11(12-7-9-14(17)10-8-12)19-16(20)15(18)13-5-3-2-4-6-13/h2-11,15H,18H2,1H3,(H,19,20)/t11-,15-/m1/s1. The van der Waals surface area contributed by atoms with Gasteiger partial charge >= 0.3 is 0 Å². The van der Waals surface area contributed by atoms with Crippen LogP contribution < -0.4 is 11.1 Å². The van der Waals surface area contributed by atoms with Crippen molar-refractivity contribution in [1.29, 1.82) is 0 Å². The van der Waals surface area contributed by atoms with Crippen LogP contribution in [0.1, 0.15) is 30.1 Å². The Morgan fingerprint density at radius 3 is 2.25 bits per heavy atom. The lowest BCUT2D eigenvalue weighted by Crippen LogP contribution is -2.35. The van der Waals surface area contributed by atoms with Gasteiger partial charge in [-0.25, -0.2) is 0 Å². The number of benzene rings is 2. The van der Waals surface area contributed by atoms with Crippen LogP contribution in [0.5, 0.6) is 0 Å². The maximum Gasteiger partial charge on any atom is 0.241 e. The van der Waals surface area contributed by atoms with Crippen molar-refractivity contribution in [2.75, 3.05) is 0 Å². The smallest absolute Gasteiger partial charge is 0.241 e. The second-order valence-corrected chi connectivity index (χ2v) is 5.11. The first-order valence-corrected chi connectivity index (χ1v) is 6.82. The number of rotatable bonds is 4. The first-order chi connectivity index (χ1) is 9.58. The molecule has 2 aromatic rings. The van der Waals surface area contributed by atoms with E-state index in [1.807, 2.05) is 49.4 Å². The van der Waals surface area contributed by atoms with Gasteiger partial charge in [-0.05, 0) is 30.2 Å². The minimum atomic E-state index is -0.661. The summed E-state index contributed by atoms with van der Waals surface area (Å²) in [5, 5.41) is 3.58. The number of nitrogens with two attached hydrogens (primary N) is 1. The van der Waals surface area contributed by atoms with Gasteiger partial charge in [-0.1, -0.05) is 54.1 Å². The summed E-state index contributed by atoms with van der Waals surface area (Å²) in [5.41, 5.74) is 7.74. The zero-order valence-corrected chi connectivity index (χ0v) is 12.0. The van der Waals surface area contributed by atoms with E-state index < -0.39 is 6.04 Å². The molecule has 0 saturated heterocycles. The van der Waals surface area contributed by atoms with Crippen LogP contribution >= 0.6 is 11.6 Å². The Kier molecular flexibility index (Phi) is 4.77. The molecule has 0 unspecified atom stereocenters. The van der Waals surface area contributed by atoms with Crippen molar-refractivity contribution in [3.05, 3.63) is 70.7 Å². The Balaban J connectivity index is 2.02. The summed E-state index contributed by atoms with van der Waals surface area (Å²) in [6.45, 7) is 1.92. The quantitative estimate of drug-likeness (QED) is 0.907. The average molecular weight is 289 g/mol. The number of halogens is 1. The maximum atomic E-state index is 12.1. The molecule has 2 rings (SSSR count). The topological polar surface area (TPSA) is 55.1 Å². The molecule has 1 amide bonds. The molecule has 104 valence electrons. The Morgan fingerprint density at radius 1 is 1.05 bits per heavy atom. The third-order valence-corrected chi connectivity index (χ3v) is 3.42. The predicted octanol–water partition coefficient (Wildman–Crippen LogP) is 3.22. The van der Waals surface area contributed by atoms with E-state index >= 15 is 0 Å². The molecule has 2 atom stereocenters. The van der Waals surface area contributed by atoms with Gasteiger partial charge in [0.1, 0.15) is 6.04 Å². The van der Waals surface area contributed by atoms with E-state index in [2.05, 4.69) is 5.32 Å². The average Bonchev–Trinajstić information content (AvgIpc) is 2.48. The van der Waals surface area contributed by atoms with Gasteiger partial charge in [0.2, 0.25) is 5.91 Å². The lowest BCUT2D eigenvalue weighted by Gasteiger charge is -2.18. The maximum absolute atomic E-state index is 12.1. The third-order valence-electron chi connectivity index (χ3n) is 3.17. The molecule has 3 N–H and O–H groups in total. The molecule has 0 aromatic heterocycles. The zero-order chi connectivity index (χ0) is 14.5. The SMILES string of the molecule is C[C@@H](NC(=O)[C@H](N)c1ccccc1)c1ccc(Cl)cc1. The second-order valence-electron chi connectivity index (χ2n) is 4.67. The summed E-state index contributed by atoms with van der Waals surface area (Å²) in [4.78, 5) is 12.1. The van der Waals surface area contributed by atoms with Gasteiger partial charge in [0.05, 0.1) is 6.04 Å². The highest BCUT2D eigenvalue weighted by molar-refractivity contribution is 6.30. The van der Waals surface area contributed by atoms with Gasteiger partial charge in [-0.2, -0.15) is 0 Å². The Morgan fingerprint density at radius 2 is 1.65 bits per heavy atom. The number of carbonyl (C=O) groups excluding carboxylic acids is 1. The van der Waals surface area contributed by atoms with Crippen molar-refractivity contribution >= 4 is 17.5 Å². The van der Waals surface area contributed by atoms with Gasteiger partial charge in [0.15, 0.2) is 0 Å². The highest BCUT2D eigenvalue weighted by Crippen LogP contribution is 2.17. The van der Waals surface area contributed by atoms with Crippen molar-refractivity contribution in [1.82, 2.24) is 5.32 Å². The second kappa shape index (κ2) is 6.55. The van der Waals surface area contributed by atoms with Gasteiger partial charge in [0.25, 0.3) is 0 Å². The number of nitrogens with one attached hydrogen (secondary N) is 1. The Bertz CT molecular complexity index is 569. The van der Waals surface area contributed by atoms with Crippen molar-refractivity contribution in [2.45, 2.75) is 19.0 Å². The van der Waals surface area contributed by atoms with E-state index in [-0.39, 0.29) is 11.9 Å². The fourth-order valence-electron chi connectivity index (χ4n) is 1.95. The largest absolute Gasteiger partial charge is 0.348 e. The van der Waals surface area contributed by atoms with E-state index in [0.29, 0.717) is 5.02 Å². The number of carbonyl (C=O) groups is 1. The van der Waals surface area contributed by atoms with Crippen molar-refractivity contribution < 1.29 is 4.79 Å². The normalized spacial score (nSPS) is 13.6. The van der Waals surface area contributed by atoms with Crippen LogP contribution in [0.2, 0.25) is 5.02 Å². The van der Waals surface area contributed by atoms with Crippen LogP contribution in [0.15, 0.2) is 54.6 Å². The lowest BCUT2D eigenvalue weighted by atomic mass is 10.1. The molecule has 0 spiro atoms. The summed E-state index contributed by atoms with van der Waals surface area (Å²) in [6.07, 6.45) is 0. The van der Waals surface area contributed by atoms with E-state index in [9.17, 15) is 4.79 Å². The lowest BCUT2D eigenvalue weighted by molar-refractivity contribution is -0.123. The van der Waals surface area contributed by atoms with Crippen LogP contribution in [-0.2, 0) is 4.79 Å². The molecule has 0 aliphatic heterocycles. The van der Waals surface area contributed by atoms with Crippen LogP contribution in [0, 0.1) is 0 Å². The summed E-state index contributed by atoms with van der Waals surface area (Å²) in [7, 11) is 0. The highest BCUT2D eigenvalue weighted by Gasteiger charge is 2.17. The third kappa shape index (κ3) is 3.59. The minimum absolute atomic E-state index is 0.116.